The van der Waals surface area contributed by atoms with Gasteiger partial charge in [-0.1, -0.05) is 33.1 Å². The summed E-state index contributed by atoms with van der Waals surface area (Å²) in [5.74, 6) is -1.14. The average molecular weight is 296 g/mol. The van der Waals surface area contributed by atoms with E-state index in [1.165, 1.54) is 0 Å². The summed E-state index contributed by atoms with van der Waals surface area (Å²) in [4.78, 5) is 26.2. The van der Waals surface area contributed by atoms with E-state index in [4.69, 9.17) is 5.73 Å². The molecule has 1 heterocycles. The zero-order valence-corrected chi connectivity index (χ0v) is 13.2. The van der Waals surface area contributed by atoms with Crippen LogP contribution < -0.4 is 5.73 Å². The molecule has 2 aliphatic rings. The molecule has 3 N–H and O–H groups in total. The van der Waals surface area contributed by atoms with Crippen molar-refractivity contribution in [2.45, 2.75) is 70.9 Å². The Hall–Kier alpha value is -1.10. The molecular weight excluding hydrogens is 268 g/mol. The van der Waals surface area contributed by atoms with Gasteiger partial charge in [0.15, 0.2) is 0 Å². The molecule has 2 rings (SSSR count). The minimum atomic E-state index is -0.893. The van der Waals surface area contributed by atoms with E-state index in [0.29, 0.717) is 6.54 Å². The summed E-state index contributed by atoms with van der Waals surface area (Å²) in [6.45, 7) is 4.43. The molecule has 0 aromatic carbocycles. The van der Waals surface area contributed by atoms with Crippen molar-refractivity contribution in [2.75, 3.05) is 6.54 Å². The Balaban J connectivity index is 2.21. The van der Waals surface area contributed by atoms with Crippen molar-refractivity contribution in [1.29, 1.82) is 0 Å². The van der Waals surface area contributed by atoms with Crippen LogP contribution in [-0.4, -0.2) is 40.5 Å². The molecule has 120 valence electrons. The van der Waals surface area contributed by atoms with Crippen LogP contribution >= 0.6 is 0 Å². The zero-order chi connectivity index (χ0) is 15.6. The highest BCUT2D eigenvalue weighted by Crippen LogP contribution is 2.37. The Morgan fingerprint density at radius 2 is 1.81 bits per heavy atom. The summed E-state index contributed by atoms with van der Waals surface area (Å²) in [7, 11) is 0. The second-order valence-electron chi connectivity index (χ2n) is 7.27. The second-order valence-corrected chi connectivity index (χ2v) is 7.27. The van der Waals surface area contributed by atoms with Gasteiger partial charge < -0.3 is 15.7 Å². The fourth-order valence-corrected chi connectivity index (χ4v) is 3.95. The number of amides is 1. The molecule has 1 aliphatic carbocycles. The van der Waals surface area contributed by atoms with Crippen molar-refractivity contribution in [3.05, 3.63) is 0 Å². The van der Waals surface area contributed by atoms with E-state index in [9.17, 15) is 14.7 Å². The minimum Gasteiger partial charge on any atom is -0.480 e. The Morgan fingerprint density at radius 3 is 2.48 bits per heavy atom. The van der Waals surface area contributed by atoms with Crippen molar-refractivity contribution >= 4 is 11.9 Å². The van der Waals surface area contributed by atoms with E-state index >= 15 is 0 Å². The predicted octanol–water partition coefficient (Wildman–Crippen LogP) is 2.00. The molecule has 0 spiro atoms. The maximum Gasteiger partial charge on any atom is 0.326 e. The summed E-state index contributed by atoms with van der Waals surface area (Å²) < 4.78 is 0. The number of hydrogen-bond acceptors (Lipinski definition) is 3. The van der Waals surface area contributed by atoms with Gasteiger partial charge >= 0.3 is 5.97 Å². The largest absolute Gasteiger partial charge is 0.480 e. The third-order valence-corrected chi connectivity index (χ3v) is 5.18. The third kappa shape index (κ3) is 3.39. The third-order valence-electron chi connectivity index (χ3n) is 5.18. The Bertz CT molecular complexity index is 408. The van der Waals surface area contributed by atoms with Crippen molar-refractivity contribution < 1.29 is 14.7 Å². The van der Waals surface area contributed by atoms with Gasteiger partial charge in [0.25, 0.3) is 0 Å². The predicted molar refractivity (Wildman–Crippen MR) is 80.7 cm³/mol. The molecule has 1 aliphatic heterocycles. The Morgan fingerprint density at radius 1 is 1.14 bits per heavy atom. The van der Waals surface area contributed by atoms with Crippen LogP contribution in [0.4, 0.5) is 0 Å². The van der Waals surface area contributed by atoms with E-state index in [1.807, 2.05) is 13.8 Å². The van der Waals surface area contributed by atoms with Crippen LogP contribution in [0.15, 0.2) is 0 Å². The monoisotopic (exact) mass is 296 g/mol. The van der Waals surface area contributed by atoms with Crippen molar-refractivity contribution in [3.63, 3.8) is 0 Å². The molecule has 3 unspecified atom stereocenters. The first-order valence-corrected chi connectivity index (χ1v) is 8.13. The normalized spacial score (nSPS) is 33.3. The smallest absolute Gasteiger partial charge is 0.326 e. The highest BCUT2D eigenvalue weighted by molar-refractivity contribution is 5.86. The molecule has 1 amide bonds. The highest BCUT2D eigenvalue weighted by atomic mass is 16.4. The van der Waals surface area contributed by atoms with E-state index in [0.717, 1.165) is 44.9 Å². The van der Waals surface area contributed by atoms with Crippen molar-refractivity contribution in [1.82, 2.24) is 4.90 Å². The number of carboxylic acids is 1. The van der Waals surface area contributed by atoms with Gasteiger partial charge in [-0.25, -0.2) is 4.79 Å². The topological polar surface area (TPSA) is 83.6 Å². The first-order chi connectivity index (χ1) is 9.84. The molecule has 5 nitrogen and oxygen atoms in total. The van der Waals surface area contributed by atoms with Gasteiger partial charge in [-0.15, -0.1) is 0 Å². The lowest BCUT2D eigenvalue weighted by molar-refractivity contribution is -0.161. The fourth-order valence-electron chi connectivity index (χ4n) is 3.95. The molecule has 21 heavy (non-hydrogen) atoms. The van der Waals surface area contributed by atoms with Crippen molar-refractivity contribution in [3.8, 4) is 0 Å². The van der Waals surface area contributed by atoms with Gasteiger partial charge in [0.05, 0.1) is 5.92 Å². The van der Waals surface area contributed by atoms with Crippen LogP contribution in [0.2, 0.25) is 0 Å². The quantitative estimate of drug-likeness (QED) is 0.763. The standard InChI is InChI=1S/C16H28N2O3/c1-16(2)9-6-10-18(13(16)15(20)21)14(19)11-7-4-3-5-8-12(11)17/h11-13H,3-10,17H2,1-2H3,(H,20,21). The molecule has 3 atom stereocenters. The van der Waals surface area contributed by atoms with E-state index in [2.05, 4.69) is 0 Å². The van der Waals surface area contributed by atoms with Gasteiger partial charge in [0.1, 0.15) is 6.04 Å². The number of hydrogen-bond donors (Lipinski definition) is 2. The first kappa shape index (κ1) is 16.3. The van der Waals surface area contributed by atoms with Gasteiger partial charge in [0.2, 0.25) is 5.91 Å². The van der Waals surface area contributed by atoms with Crippen LogP contribution in [0.25, 0.3) is 0 Å². The molecule has 0 bridgehead atoms. The number of carbonyl (C=O) groups excluding carboxylic acids is 1. The Kier molecular flexibility index (Phi) is 4.91. The highest BCUT2D eigenvalue weighted by Gasteiger charge is 2.46. The molecule has 0 aromatic heterocycles. The van der Waals surface area contributed by atoms with Gasteiger partial charge in [0, 0.05) is 12.6 Å². The number of piperidine rings is 1. The number of rotatable bonds is 2. The maximum atomic E-state index is 12.9. The van der Waals surface area contributed by atoms with Gasteiger partial charge in [-0.3, -0.25) is 4.79 Å². The van der Waals surface area contributed by atoms with Gasteiger partial charge in [-0.2, -0.15) is 0 Å². The minimum absolute atomic E-state index is 0.0374. The summed E-state index contributed by atoms with van der Waals surface area (Å²) >= 11 is 0. The second kappa shape index (κ2) is 6.34. The van der Waals surface area contributed by atoms with Crippen LogP contribution in [0.3, 0.4) is 0 Å². The number of likely N-dealkylation sites (tertiary alicyclic amines) is 1. The molecule has 1 saturated heterocycles. The van der Waals surface area contributed by atoms with Crippen molar-refractivity contribution in [2.24, 2.45) is 17.1 Å². The van der Waals surface area contributed by atoms with Crippen LogP contribution in [0.5, 0.6) is 0 Å². The van der Waals surface area contributed by atoms with E-state index < -0.39 is 12.0 Å². The summed E-state index contributed by atoms with van der Waals surface area (Å²) in [6.07, 6.45) is 6.56. The summed E-state index contributed by atoms with van der Waals surface area (Å²) in [5.41, 5.74) is 5.80. The van der Waals surface area contributed by atoms with Gasteiger partial charge in [-0.05, 0) is 31.1 Å². The number of carbonyl (C=O) groups is 2. The molecule has 5 heteroatoms. The summed E-state index contributed by atoms with van der Waals surface area (Å²) in [5, 5.41) is 9.59. The lowest BCUT2D eigenvalue weighted by Gasteiger charge is -2.45. The molecular formula is C16H28N2O3. The molecule has 0 radical (unpaired) electrons. The first-order valence-electron chi connectivity index (χ1n) is 8.13. The SMILES string of the molecule is CC1(C)CCCN(C(=O)C2CCCCCC2N)C1C(=O)O. The van der Waals surface area contributed by atoms with E-state index in [1.54, 1.807) is 4.90 Å². The number of carboxylic acid groups (broad SMARTS) is 1. The average Bonchev–Trinajstić information content (AvgIpc) is 2.60. The lowest BCUT2D eigenvalue weighted by Crippen LogP contribution is -2.59. The van der Waals surface area contributed by atoms with Crippen LogP contribution in [0.1, 0.15) is 58.8 Å². The summed E-state index contributed by atoms with van der Waals surface area (Å²) in [6, 6.07) is -0.853. The maximum absolute atomic E-state index is 12.9. The number of nitrogens with two attached hydrogens (primary N) is 1. The van der Waals surface area contributed by atoms with Crippen LogP contribution in [0, 0.1) is 11.3 Å². The fraction of sp³-hybridized carbons (Fsp3) is 0.875. The molecule has 2 fully saturated rings. The molecule has 0 aromatic rings. The van der Waals surface area contributed by atoms with Crippen LogP contribution in [-0.2, 0) is 9.59 Å². The van der Waals surface area contributed by atoms with E-state index in [-0.39, 0.29) is 23.3 Å². The molecule has 1 saturated carbocycles. The number of nitrogens with zero attached hydrogens (tertiary/aromatic N) is 1. The Labute approximate surface area is 126 Å². The number of aliphatic carboxylic acids is 1. The lowest BCUT2D eigenvalue weighted by atomic mass is 9.75. The zero-order valence-electron chi connectivity index (χ0n) is 13.2.